The highest BCUT2D eigenvalue weighted by Gasteiger charge is 2.18. The minimum Gasteiger partial charge on any atom is -0.390 e. The molecule has 0 saturated heterocycles. The van der Waals surface area contributed by atoms with E-state index < -0.39 is 0 Å². The smallest absolute Gasteiger partial charge is 0.196 e. The van der Waals surface area contributed by atoms with Crippen molar-refractivity contribution in [3.05, 3.63) is 51.7 Å². The summed E-state index contributed by atoms with van der Waals surface area (Å²) < 4.78 is 12.8. The van der Waals surface area contributed by atoms with Crippen molar-refractivity contribution < 1.29 is 9.18 Å². The van der Waals surface area contributed by atoms with Crippen molar-refractivity contribution in [1.82, 2.24) is 0 Å². The molecule has 4 heteroatoms. The van der Waals surface area contributed by atoms with Crippen molar-refractivity contribution in [3.8, 4) is 0 Å². The fraction of sp³-hybridized carbons (Fsp3) is 0.154. The summed E-state index contributed by atoms with van der Waals surface area (Å²) in [7, 11) is 0. The molecule has 2 N–H and O–H groups in total. The van der Waals surface area contributed by atoms with Crippen molar-refractivity contribution >= 4 is 22.1 Å². The number of hydrogen-bond acceptors (Lipinski definition) is 3. The molecule has 0 saturated carbocycles. The molecule has 1 aromatic heterocycles. The Morgan fingerprint density at radius 3 is 2.29 bits per heavy atom. The molecular formula is C13H12FNOS. The summed E-state index contributed by atoms with van der Waals surface area (Å²) in [5.74, 6) is -0.503. The molecule has 88 valence electrons. The monoisotopic (exact) mass is 249 g/mol. The van der Waals surface area contributed by atoms with Crippen LogP contribution < -0.4 is 5.73 Å². The maximum absolute atomic E-state index is 12.8. The first kappa shape index (κ1) is 11.8. The first-order valence-corrected chi connectivity index (χ1v) is 5.98. The number of carbonyl (C=O) groups excluding carboxylic acids is 1. The molecule has 2 nitrogen and oxygen atoms in total. The SMILES string of the molecule is Cc1sc(N)c(C(=O)c2ccc(F)cc2)c1C. The number of thiophene rings is 1. The molecule has 17 heavy (non-hydrogen) atoms. The van der Waals surface area contributed by atoms with Gasteiger partial charge in [-0.05, 0) is 43.7 Å². The lowest BCUT2D eigenvalue weighted by Crippen LogP contribution is -2.04. The Labute approximate surface area is 103 Å². The van der Waals surface area contributed by atoms with Gasteiger partial charge in [-0.1, -0.05) is 0 Å². The van der Waals surface area contributed by atoms with Crippen LogP contribution in [0.15, 0.2) is 24.3 Å². The third-order valence-electron chi connectivity index (χ3n) is 2.75. The van der Waals surface area contributed by atoms with Crippen molar-refractivity contribution in [2.24, 2.45) is 0 Å². The van der Waals surface area contributed by atoms with Gasteiger partial charge in [0.25, 0.3) is 0 Å². The lowest BCUT2D eigenvalue weighted by molar-refractivity contribution is 0.103. The summed E-state index contributed by atoms with van der Waals surface area (Å²) in [5, 5.41) is 0.523. The van der Waals surface area contributed by atoms with Gasteiger partial charge >= 0.3 is 0 Å². The van der Waals surface area contributed by atoms with Gasteiger partial charge in [-0.15, -0.1) is 11.3 Å². The van der Waals surface area contributed by atoms with Crippen LogP contribution in [0.25, 0.3) is 0 Å². The molecule has 0 fully saturated rings. The molecule has 0 aliphatic rings. The van der Waals surface area contributed by atoms with Gasteiger partial charge in [0, 0.05) is 10.4 Å². The van der Waals surface area contributed by atoms with Crippen LogP contribution in [0.3, 0.4) is 0 Å². The molecule has 0 radical (unpaired) electrons. The highest BCUT2D eigenvalue weighted by Crippen LogP contribution is 2.31. The molecule has 0 unspecified atom stereocenters. The predicted octanol–water partition coefficient (Wildman–Crippen LogP) is 3.32. The number of benzene rings is 1. The van der Waals surface area contributed by atoms with E-state index in [-0.39, 0.29) is 11.6 Å². The van der Waals surface area contributed by atoms with Crippen LogP contribution in [-0.4, -0.2) is 5.78 Å². The molecule has 0 amide bonds. The third-order valence-corrected chi connectivity index (χ3v) is 3.78. The minimum absolute atomic E-state index is 0.149. The van der Waals surface area contributed by atoms with E-state index in [1.54, 1.807) is 0 Å². The molecule has 0 aliphatic heterocycles. The molecule has 0 aliphatic carbocycles. The minimum atomic E-state index is -0.354. The van der Waals surface area contributed by atoms with Gasteiger partial charge in [0.05, 0.1) is 10.6 Å². The van der Waals surface area contributed by atoms with Crippen LogP contribution in [0.2, 0.25) is 0 Å². The zero-order chi connectivity index (χ0) is 12.6. The quantitative estimate of drug-likeness (QED) is 0.830. The molecule has 0 spiro atoms. The number of halogens is 1. The molecule has 2 rings (SSSR count). The number of hydrogen-bond donors (Lipinski definition) is 1. The zero-order valence-electron chi connectivity index (χ0n) is 9.58. The topological polar surface area (TPSA) is 43.1 Å². The van der Waals surface area contributed by atoms with Crippen LogP contribution in [0, 0.1) is 19.7 Å². The number of ketones is 1. The van der Waals surface area contributed by atoms with Crippen molar-refractivity contribution in [1.29, 1.82) is 0 Å². The van der Waals surface area contributed by atoms with E-state index in [1.807, 2.05) is 13.8 Å². The fourth-order valence-electron chi connectivity index (χ4n) is 1.68. The van der Waals surface area contributed by atoms with E-state index in [9.17, 15) is 9.18 Å². The van der Waals surface area contributed by atoms with Crippen molar-refractivity contribution in [3.63, 3.8) is 0 Å². The number of carbonyl (C=O) groups is 1. The Morgan fingerprint density at radius 1 is 1.24 bits per heavy atom. The van der Waals surface area contributed by atoms with Gasteiger partial charge < -0.3 is 5.73 Å². The highest BCUT2D eigenvalue weighted by molar-refractivity contribution is 7.16. The fourth-order valence-corrected chi connectivity index (χ4v) is 2.61. The lowest BCUT2D eigenvalue weighted by Gasteiger charge is -2.02. The second-order valence-electron chi connectivity index (χ2n) is 3.86. The Hall–Kier alpha value is -1.68. The van der Waals surface area contributed by atoms with E-state index in [4.69, 9.17) is 5.73 Å². The number of aryl methyl sites for hydroxylation is 1. The first-order valence-electron chi connectivity index (χ1n) is 5.16. The van der Waals surface area contributed by atoms with Crippen LogP contribution in [0.4, 0.5) is 9.39 Å². The molecule has 1 heterocycles. The summed E-state index contributed by atoms with van der Waals surface area (Å²) in [6.07, 6.45) is 0. The predicted molar refractivity (Wildman–Crippen MR) is 68.0 cm³/mol. The highest BCUT2D eigenvalue weighted by atomic mass is 32.1. The summed E-state index contributed by atoms with van der Waals surface area (Å²) in [4.78, 5) is 13.3. The van der Waals surface area contributed by atoms with Crippen LogP contribution >= 0.6 is 11.3 Å². The number of nitrogens with two attached hydrogens (primary N) is 1. The normalized spacial score (nSPS) is 10.5. The third kappa shape index (κ3) is 2.08. The second kappa shape index (κ2) is 4.30. The maximum atomic E-state index is 12.8. The van der Waals surface area contributed by atoms with Crippen molar-refractivity contribution in [2.45, 2.75) is 13.8 Å². The van der Waals surface area contributed by atoms with Gasteiger partial charge in [0.15, 0.2) is 5.78 Å². The Bertz CT molecular complexity index is 572. The Kier molecular flexibility index (Phi) is 2.98. The molecule has 0 bridgehead atoms. The number of anilines is 1. The summed E-state index contributed by atoms with van der Waals surface area (Å²) in [6, 6.07) is 5.50. The Morgan fingerprint density at radius 2 is 1.82 bits per heavy atom. The summed E-state index contributed by atoms with van der Waals surface area (Å²) in [6.45, 7) is 3.80. The van der Waals surface area contributed by atoms with E-state index >= 15 is 0 Å². The van der Waals surface area contributed by atoms with E-state index in [2.05, 4.69) is 0 Å². The van der Waals surface area contributed by atoms with E-state index in [0.29, 0.717) is 16.1 Å². The number of nitrogen functional groups attached to an aromatic ring is 1. The van der Waals surface area contributed by atoms with E-state index in [1.165, 1.54) is 35.6 Å². The average Bonchev–Trinajstić information content (AvgIpc) is 2.53. The van der Waals surface area contributed by atoms with Crippen LogP contribution in [0.1, 0.15) is 26.4 Å². The van der Waals surface area contributed by atoms with Gasteiger partial charge in [0.2, 0.25) is 0 Å². The van der Waals surface area contributed by atoms with Gasteiger partial charge in [-0.3, -0.25) is 4.79 Å². The number of rotatable bonds is 2. The lowest BCUT2D eigenvalue weighted by atomic mass is 10.0. The average molecular weight is 249 g/mol. The molecular weight excluding hydrogens is 237 g/mol. The van der Waals surface area contributed by atoms with Gasteiger partial charge in [0.1, 0.15) is 5.82 Å². The standard InChI is InChI=1S/C13H12FNOS/c1-7-8(2)17-13(15)11(7)12(16)9-3-5-10(14)6-4-9/h3-6H,15H2,1-2H3. The zero-order valence-corrected chi connectivity index (χ0v) is 10.4. The summed E-state index contributed by atoms with van der Waals surface area (Å²) >= 11 is 1.40. The van der Waals surface area contributed by atoms with Crippen molar-refractivity contribution in [2.75, 3.05) is 5.73 Å². The Balaban J connectivity index is 2.47. The van der Waals surface area contributed by atoms with E-state index in [0.717, 1.165) is 10.4 Å². The largest absolute Gasteiger partial charge is 0.390 e. The second-order valence-corrected chi connectivity index (χ2v) is 5.11. The van der Waals surface area contributed by atoms with Crippen LogP contribution in [-0.2, 0) is 0 Å². The maximum Gasteiger partial charge on any atom is 0.196 e. The molecule has 0 atom stereocenters. The van der Waals surface area contributed by atoms with Gasteiger partial charge in [-0.2, -0.15) is 0 Å². The molecule has 1 aromatic carbocycles. The van der Waals surface area contributed by atoms with Gasteiger partial charge in [-0.25, -0.2) is 4.39 Å². The first-order chi connectivity index (χ1) is 8.00. The van der Waals surface area contributed by atoms with Crippen LogP contribution in [0.5, 0.6) is 0 Å². The summed E-state index contributed by atoms with van der Waals surface area (Å²) in [5.41, 5.74) is 7.74. The molecule has 2 aromatic rings.